The van der Waals surface area contributed by atoms with E-state index in [-0.39, 0.29) is 24.9 Å². The number of carbonyl (C=O) groups is 1. The highest BCUT2D eigenvalue weighted by Gasteiger charge is 2.44. The number of nitrogens with zero attached hydrogens (tertiary/aromatic N) is 5. The fourth-order valence-corrected chi connectivity index (χ4v) is 5.11. The summed E-state index contributed by atoms with van der Waals surface area (Å²) in [7, 11) is 0. The average Bonchev–Trinajstić information content (AvgIpc) is 3.61. The lowest BCUT2D eigenvalue weighted by atomic mass is 9.90. The second kappa shape index (κ2) is 10.6. The van der Waals surface area contributed by atoms with Gasteiger partial charge in [0.25, 0.3) is 0 Å². The van der Waals surface area contributed by atoms with Gasteiger partial charge in [0, 0.05) is 37.9 Å². The van der Waals surface area contributed by atoms with Gasteiger partial charge in [-0.1, -0.05) is 0 Å². The minimum Gasteiger partial charge on any atom is -0.391 e. The number of hydrogen-bond acceptors (Lipinski definition) is 9. The Kier molecular flexibility index (Phi) is 7.02. The van der Waals surface area contributed by atoms with Crippen molar-refractivity contribution in [1.82, 2.24) is 24.8 Å². The number of H-pyrrole nitrogens is 1. The van der Waals surface area contributed by atoms with Gasteiger partial charge in [0.2, 0.25) is 18.1 Å². The molecule has 1 atom stereocenters. The molecule has 206 valence electrons. The molecule has 3 saturated heterocycles. The Morgan fingerprint density at radius 3 is 2.54 bits per heavy atom. The third-order valence-corrected chi connectivity index (χ3v) is 7.33. The maximum Gasteiger partial charge on any atom is 0.233 e. The SMILES string of the molecule is CC1(C(=O)N2CCC(O)C2)COC(c2nc(-c3ccc(F)cc3)c(-c3ccnc(N4CCOCC4)n3)[nH]2)OC1. The second-order valence-corrected chi connectivity index (χ2v) is 10.4. The molecular formula is C27H31FN6O5. The van der Waals surface area contributed by atoms with E-state index < -0.39 is 17.8 Å². The molecule has 2 N–H and O–H groups in total. The first-order chi connectivity index (χ1) is 18.9. The molecule has 2 aromatic heterocycles. The number of benzene rings is 1. The quantitative estimate of drug-likeness (QED) is 0.503. The number of aliphatic hydroxyl groups is 1. The number of anilines is 1. The van der Waals surface area contributed by atoms with E-state index in [2.05, 4.69) is 14.9 Å². The summed E-state index contributed by atoms with van der Waals surface area (Å²) in [4.78, 5) is 34.2. The number of amides is 1. The van der Waals surface area contributed by atoms with E-state index in [1.54, 1.807) is 29.3 Å². The maximum absolute atomic E-state index is 13.7. The molecule has 0 radical (unpaired) electrons. The van der Waals surface area contributed by atoms with Crippen LogP contribution in [-0.2, 0) is 19.0 Å². The highest BCUT2D eigenvalue weighted by molar-refractivity contribution is 5.83. The number of aromatic nitrogens is 4. The largest absolute Gasteiger partial charge is 0.391 e. The number of halogens is 1. The van der Waals surface area contributed by atoms with Crippen LogP contribution in [0.3, 0.4) is 0 Å². The Morgan fingerprint density at radius 2 is 1.85 bits per heavy atom. The monoisotopic (exact) mass is 538 g/mol. The molecule has 0 aliphatic carbocycles. The van der Waals surface area contributed by atoms with E-state index in [1.165, 1.54) is 12.1 Å². The van der Waals surface area contributed by atoms with Gasteiger partial charge in [-0.25, -0.2) is 19.3 Å². The summed E-state index contributed by atoms with van der Waals surface area (Å²) in [6.07, 6.45) is 0.947. The van der Waals surface area contributed by atoms with Gasteiger partial charge in [0.1, 0.15) is 5.82 Å². The van der Waals surface area contributed by atoms with Crippen LogP contribution in [0, 0.1) is 11.2 Å². The van der Waals surface area contributed by atoms with E-state index in [0.29, 0.717) is 80.2 Å². The van der Waals surface area contributed by atoms with Crippen LogP contribution in [0.5, 0.6) is 0 Å². The molecule has 1 amide bonds. The lowest BCUT2D eigenvalue weighted by molar-refractivity contribution is -0.234. The molecule has 6 rings (SSSR count). The number of nitrogens with one attached hydrogen (secondary N) is 1. The highest BCUT2D eigenvalue weighted by Crippen LogP contribution is 2.36. The van der Waals surface area contributed by atoms with Crippen molar-refractivity contribution in [2.24, 2.45) is 5.41 Å². The van der Waals surface area contributed by atoms with E-state index >= 15 is 0 Å². The van der Waals surface area contributed by atoms with Crippen LogP contribution in [0.15, 0.2) is 36.5 Å². The van der Waals surface area contributed by atoms with Crippen molar-refractivity contribution >= 4 is 11.9 Å². The fourth-order valence-electron chi connectivity index (χ4n) is 5.11. The van der Waals surface area contributed by atoms with Crippen molar-refractivity contribution in [2.45, 2.75) is 25.7 Å². The van der Waals surface area contributed by atoms with Crippen LogP contribution in [0.2, 0.25) is 0 Å². The summed E-state index contributed by atoms with van der Waals surface area (Å²) in [6.45, 7) is 5.54. The van der Waals surface area contributed by atoms with Crippen molar-refractivity contribution in [2.75, 3.05) is 57.5 Å². The molecule has 3 aliphatic rings. The predicted molar refractivity (Wildman–Crippen MR) is 138 cm³/mol. The lowest BCUT2D eigenvalue weighted by Crippen LogP contribution is -2.49. The summed E-state index contributed by atoms with van der Waals surface area (Å²) < 4.78 is 31.2. The molecule has 1 unspecified atom stereocenters. The molecule has 0 saturated carbocycles. The van der Waals surface area contributed by atoms with Crippen LogP contribution in [0.25, 0.3) is 22.6 Å². The van der Waals surface area contributed by atoms with Gasteiger partial charge >= 0.3 is 0 Å². The number of carbonyl (C=O) groups excluding carboxylic acids is 1. The van der Waals surface area contributed by atoms with Crippen molar-refractivity contribution in [1.29, 1.82) is 0 Å². The van der Waals surface area contributed by atoms with Gasteiger partial charge in [0.05, 0.1) is 55.0 Å². The summed E-state index contributed by atoms with van der Waals surface area (Å²) in [6, 6.07) is 7.87. The molecule has 0 spiro atoms. The number of rotatable bonds is 5. The summed E-state index contributed by atoms with van der Waals surface area (Å²) in [5.74, 6) is 0.563. The zero-order valence-corrected chi connectivity index (χ0v) is 21.7. The number of aromatic amines is 1. The number of aliphatic hydroxyl groups excluding tert-OH is 1. The maximum atomic E-state index is 13.7. The predicted octanol–water partition coefficient (Wildman–Crippen LogP) is 2.15. The number of ether oxygens (including phenoxy) is 3. The molecular weight excluding hydrogens is 507 g/mol. The second-order valence-electron chi connectivity index (χ2n) is 10.4. The van der Waals surface area contributed by atoms with Crippen LogP contribution in [-0.4, -0.2) is 94.6 Å². The van der Waals surface area contributed by atoms with Crippen LogP contribution in [0.1, 0.15) is 25.5 Å². The fraction of sp³-hybridized carbons (Fsp3) is 0.481. The molecule has 3 fully saturated rings. The molecule has 1 aromatic carbocycles. The van der Waals surface area contributed by atoms with Gasteiger partial charge in [0.15, 0.2) is 5.82 Å². The van der Waals surface area contributed by atoms with Crippen molar-refractivity contribution in [3.05, 3.63) is 48.2 Å². The molecule has 3 aromatic rings. The van der Waals surface area contributed by atoms with E-state index in [1.807, 2.05) is 6.92 Å². The zero-order valence-electron chi connectivity index (χ0n) is 21.7. The first-order valence-corrected chi connectivity index (χ1v) is 13.1. The first kappa shape index (κ1) is 25.8. The number of likely N-dealkylation sites (tertiary alicyclic amines) is 1. The molecule has 11 nitrogen and oxygen atoms in total. The highest BCUT2D eigenvalue weighted by atomic mass is 19.1. The Hall–Kier alpha value is -3.45. The van der Waals surface area contributed by atoms with Gasteiger partial charge in [-0.3, -0.25) is 4.79 Å². The van der Waals surface area contributed by atoms with E-state index in [4.69, 9.17) is 24.2 Å². The van der Waals surface area contributed by atoms with Crippen molar-refractivity contribution in [3.63, 3.8) is 0 Å². The van der Waals surface area contributed by atoms with Crippen LogP contribution in [0.4, 0.5) is 10.3 Å². The smallest absolute Gasteiger partial charge is 0.233 e. The van der Waals surface area contributed by atoms with E-state index in [9.17, 15) is 14.3 Å². The molecule has 5 heterocycles. The summed E-state index contributed by atoms with van der Waals surface area (Å²) in [5, 5.41) is 9.84. The summed E-state index contributed by atoms with van der Waals surface area (Å²) in [5.41, 5.74) is 1.64. The third kappa shape index (κ3) is 5.24. The Morgan fingerprint density at radius 1 is 1.10 bits per heavy atom. The molecule has 3 aliphatic heterocycles. The van der Waals surface area contributed by atoms with Gasteiger partial charge in [-0.05, 0) is 43.7 Å². The summed E-state index contributed by atoms with van der Waals surface area (Å²) >= 11 is 0. The Labute approximate surface area is 224 Å². The van der Waals surface area contributed by atoms with Crippen molar-refractivity contribution in [3.8, 4) is 22.6 Å². The van der Waals surface area contributed by atoms with Crippen LogP contribution >= 0.6 is 0 Å². The Bertz CT molecular complexity index is 1320. The van der Waals surface area contributed by atoms with Gasteiger partial charge < -0.3 is 34.1 Å². The number of morpholine rings is 1. The first-order valence-electron chi connectivity index (χ1n) is 13.1. The topological polar surface area (TPSA) is 126 Å². The zero-order chi connectivity index (χ0) is 27.0. The van der Waals surface area contributed by atoms with E-state index in [0.717, 1.165) is 0 Å². The number of hydrogen-bond donors (Lipinski definition) is 2. The van der Waals surface area contributed by atoms with Crippen molar-refractivity contribution < 1.29 is 28.5 Å². The van der Waals surface area contributed by atoms with Crippen LogP contribution < -0.4 is 4.90 Å². The normalized spacial score (nSPS) is 25.7. The lowest BCUT2D eigenvalue weighted by Gasteiger charge is -2.37. The molecule has 0 bridgehead atoms. The third-order valence-electron chi connectivity index (χ3n) is 7.33. The minimum atomic E-state index is -0.866. The average molecular weight is 539 g/mol. The standard InChI is InChI=1S/C27H31FN6O5/c1-27(25(36)34-9-7-19(35)14-34)15-38-24(39-16-27)23-31-21(17-2-4-18(28)5-3-17)22(32-23)20-6-8-29-26(30-20)33-10-12-37-13-11-33/h2-6,8,19,24,35H,7,9-16H2,1H3,(H,31,32). The molecule has 12 heteroatoms. The van der Waals surface area contributed by atoms with Gasteiger partial charge in [-0.2, -0.15) is 0 Å². The number of imidazole rings is 1. The Balaban J connectivity index is 1.27. The minimum absolute atomic E-state index is 0.0961. The molecule has 39 heavy (non-hydrogen) atoms. The van der Waals surface area contributed by atoms with Gasteiger partial charge in [-0.15, -0.1) is 0 Å². The number of β-amino-alcohol motifs (C(OH)–C–C–N with tert-alkyl or cyclic N) is 1.